The number of carbonyl (C=O) groups excluding carboxylic acids is 1. The number of oxime groups is 1. The highest BCUT2D eigenvalue weighted by atomic mass is 35.5. The van der Waals surface area contributed by atoms with Gasteiger partial charge in [-0.1, -0.05) is 35.0 Å². The molecule has 2 N–H and O–H groups in total. The van der Waals surface area contributed by atoms with Crippen molar-refractivity contribution in [3.05, 3.63) is 68.7 Å². The van der Waals surface area contributed by atoms with Gasteiger partial charge in [0.25, 0.3) is 5.69 Å². The Kier molecular flexibility index (Phi) is 5.73. The Bertz CT molecular complexity index is 951. The van der Waals surface area contributed by atoms with Crippen molar-refractivity contribution in [1.29, 1.82) is 0 Å². The van der Waals surface area contributed by atoms with Crippen LogP contribution < -0.4 is 16.1 Å². The fraction of sp³-hybridized carbons (Fsp3) is 0.176. The Hall–Kier alpha value is -3.21. The van der Waals surface area contributed by atoms with Gasteiger partial charge in [0.2, 0.25) is 0 Å². The number of urea groups is 1. The number of hydrazine groups is 3. The topological polar surface area (TPSA) is 112 Å². The van der Waals surface area contributed by atoms with Gasteiger partial charge >= 0.3 is 6.03 Å². The van der Waals surface area contributed by atoms with Gasteiger partial charge < -0.3 is 4.84 Å². The van der Waals surface area contributed by atoms with Crippen molar-refractivity contribution in [2.45, 2.75) is 13.5 Å². The van der Waals surface area contributed by atoms with E-state index < -0.39 is 4.92 Å². The highest BCUT2D eigenvalue weighted by molar-refractivity contribution is 6.31. The van der Waals surface area contributed by atoms with E-state index in [0.717, 1.165) is 0 Å². The van der Waals surface area contributed by atoms with Crippen molar-refractivity contribution in [2.75, 3.05) is 12.1 Å². The molecule has 0 unspecified atom stereocenters. The second-order valence-corrected chi connectivity index (χ2v) is 6.30. The summed E-state index contributed by atoms with van der Waals surface area (Å²) in [4.78, 5) is 28.0. The van der Waals surface area contributed by atoms with E-state index in [0.29, 0.717) is 27.5 Å². The van der Waals surface area contributed by atoms with Gasteiger partial charge in [0.15, 0.2) is 0 Å². The molecule has 0 aromatic heterocycles. The first-order valence-electron chi connectivity index (χ1n) is 8.16. The summed E-state index contributed by atoms with van der Waals surface area (Å²) in [7, 11) is 1.57. The first-order chi connectivity index (χ1) is 13.4. The van der Waals surface area contributed by atoms with E-state index in [1.54, 1.807) is 44.3 Å². The molecular weight excluding hydrogens is 388 g/mol. The third-order valence-electron chi connectivity index (χ3n) is 4.03. The minimum Gasteiger partial charge on any atom is -0.391 e. The maximum absolute atomic E-state index is 12.2. The van der Waals surface area contributed by atoms with Gasteiger partial charge in [0, 0.05) is 35.3 Å². The van der Waals surface area contributed by atoms with Crippen LogP contribution in [0.1, 0.15) is 18.1 Å². The molecule has 1 fully saturated rings. The molecule has 1 aliphatic rings. The molecule has 0 radical (unpaired) electrons. The van der Waals surface area contributed by atoms with Gasteiger partial charge in [-0.2, -0.15) is 0 Å². The van der Waals surface area contributed by atoms with Crippen LogP contribution in [0.3, 0.4) is 0 Å². The third kappa shape index (κ3) is 4.03. The molecule has 2 aromatic carbocycles. The molecule has 146 valence electrons. The average molecular weight is 405 g/mol. The fourth-order valence-corrected chi connectivity index (χ4v) is 2.75. The lowest BCUT2D eigenvalue weighted by Gasteiger charge is -2.18. The van der Waals surface area contributed by atoms with Gasteiger partial charge in [-0.3, -0.25) is 10.1 Å². The Labute approximate surface area is 165 Å². The van der Waals surface area contributed by atoms with E-state index in [-0.39, 0.29) is 18.3 Å². The van der Waals surface area contributed by atoms with Crippen LogP contribution in [0.5, 0.6) is 0 Å². The molecule has 1 aliphatic heterocycles. The second kappa shape index (κ2) is 8.21. The molecule has 2 amide bonds. The first-order valence-corrected chi connectivity index (χ1v) is 8.54. The predicted molar refractivity (Wildman–Crippen MR) is 103 cm³/mol. The number of rotatable bonds is 6. The van der Waals surface area contributed by atoms with Crippen molar-refractivity contribution in [1.82, 2.24) is 16.1 Å². The summed E-state index contributed by atoms with van der Waals surface area (Å²) in [6.07, 6.45) is 0. The third-order valence-corrected chi connectivity index (χ3v) is 4.38. The predicted octanol–water partition coefficient (Wildman–Crippen LogP) is 2.99. The Morgan fingerprint density at radius 1 is 1.29 bits per heavy atom. The number of anilines is 1. The standard InChI is InChI=1S/C17H17ClN6O4/c1-11(12-5-3-6-13(9-12)24(26)27)19-28-10-14-15(18)7-4-8-16(14)23-17(25)22(2)20-21-23/h3-9,20-21H,10H2,1-2H3/b19-11+. The monoisotopic (exact) mass is 404 g/mol. The van der Waals surface area contributed by atoms with E-state index in [1.165, 1.54) is 22.2 Å². The molecule has 0 spiro atoms. The molecule has 28 heavy (non-hydrogen) atoms. The normalized spacial score (nSPS) is 14.5. The number of benzene rings is 2. The van der Waals surface area contributed by atoms with Crippen LogP contribution in [-0.4, -0.2) is 28.7 Å². The maximum atomic E-state index is 12.2. The number of hydrogen-bond acceptors (Lipinski definition) is 7. The molecule has 1 heterocycles. The summed E-state index contributed by atoms with van der Waals surface area (Å²) in [6.45, 7) is 1.67. The molecule has 0 bridgehead atoms. The van der Waals surface area contributed by atoms with E-state index in [9.17, 15) is 14.9 Å². The number of nitro benzene ring substituents is 1. The van der Waals surface area contributed by atoms with E-state index in [1.807, 2.05) is 0 Å². The highest BCUT2D eigenvalue weighted by Crippen LogP contribution is 2.29. The lowest BCUT2D eigenvalue weighted by molar-refractivity contribution is -0.384. The van der Waals surface area contributed by atoms with Crippen LogP contribution in [0, 0.1) is 10.1 Å². The van der Waals surface area contributed by atoms with E-state index in [4.69, 9.17) is 16.4 Å². The van der Waals surface area contributed by atoms with Crippen LogP contribution in [0.4, 0.5) is 16.2 Å². The van der Waals surface area contributed by atoms with Gasteiger partial charge in [0.1, 0.15) is 6.61 Å². The highest BCUT2D eigenvalue weighted by Gasteiger charge is 2.29. The largest absolute Gasteiger partial charge is 0.391 e. The Balaban J connectivity index is 1.78. The molecule has 0 aliphatic carbocycles. The number of hydrogen-bond donors (Lipinski definition) is 2. The van der Waals surface area contributed by atoms with Crippen molar-refractivity contribution in [3.8, 4) is 0 Å². The number of non-ortho nitro benzene ring substituents is 1. The quantitative estimate of drug-likeness (QED) is 0.435. The van der Waals surface area contributed by atoms with E-state index >= 15 is 0 Å². The first kappa shape index (κ1) is 19.5. The van der Waals surface area contributed by atoms with Gasteiger partial charge in [-0.25, -0.2) is 14.8 Å². The zero-order chi connectivity index (χ0) is 20.3. The lowest BCUT2D eigenvalue weighted by atomic mass is 10.1. The lowest BCUT2D eigenvalue weighted by Crippen LogP contribution is -2.38. The average Bonchev–Trinajstić information content (AvgIpc) is 3.01. The smallest absolute Gasteiger partial charge is 0.355 e. The van der Waals surface area contributed by atoms with Gasteiger partial charge in [-0.05, 0) is 19.1 Å². The molecule has 11 heteroatoms. The Morgan fingerprint density at radius 3 is 2.71 bits per heavy atom. The van der Waals surface area contributed by atoms with Crippen LogP contribution in [0.25, 0.3) is 0 Å². The maximum Gasteiger partial charge on any atom is 0.355 e. The van der Waals surface area contributed by atoms with Crippen molar-refractivity contribution >= 4 is 34.7 Å². The number of nitro groups is 1. The second-order valence-electron chi connectivity index (χ2n) is 5.90. The molecule has 0 atom stereocenters. The van der Waals surface area contributed by atoms with Crippen LogP contribution >= 0.6 is 11.6 Å². The number of amides is 2. The van der Waals surface area contributed by atoms with Crippen molar-refractivity contribution < 1.29 is 14.6 Å². The number of halogens is 1. The number of carbonyl (C=O) groups is 1. The zero-order valence-corrected chi connectivity index (χ0v) is 15.8. The summed E-state index contributed by atoms with van der Waals surface area (Å²) in [5, 5.41) is 17.9. The van der Waals surface area contributed by atoms with Crippen LogP contribution in [-0.2, 0) is 11.4 Å². The van der Waals surface area contributed by atoms with Gasteiger partial charge in [-0.15, -0.1) is 11.1 Å². The molecule has 1 saturated heterocycles. The molecule has 0 saturated carbocycles. The summed E-state index contributed by atoms with van der Waals surface area (Å²) in [6, 6.07) is 10.9. The van der Waals surface area contributed by atoms with Crippen molar-refractivity contribution in [2.24, 2.45) is 5.16 Å². The van der Waals surface area contributed by atoms with Crippen molar-refractivity contribution in [3.63, 3.8) is 0 Å². The molecule has 2 aromatic rings. The minimum atomic E-state index is -0.473. The van der Waals surface area contributed by atoms with E-state index in [2.05, 4.69) is 16.2 Å². The summed E-state index contributed by atoms with van der Waals surface area (Å²) in [5.74, 6) is 0. The zero-order valence-electron chi connectivity index (χ0n) is 15.0. The summed E-state index contributed by atoms with van der Waals surface area (Å²) < 4.78 is 0. The molecule has 3 rings (SSSR count). The van der Waals surface area contributed by atoms with Crippen LogP contribution in [0.15, 0.2) is 47.6 Å². The summed E-state index contributed by atoms with van der Waals surface area (Å²) in [5.41, 5.74) is 7.46. The van der Waals surface area contributed by atoms with Crippen LogP contribution in [0.2, 0.25) is 5.02 Å². The number of nitrogens with one attached hydrogen (secondary N) is 2. The SMILES string of the molecule is C/C(=N\OCc1c(Cl)cccc1N1NNN(C)C1=O)c1cccc([N+](=O)[O-])c1. The summed E-state index contributed by atoms with van der Waals surface area (Å²) >= 11 is 6.28. The Morgan fingerprint density at radius 2 is 2.04 bits per heavy atom. The minimum absolute atomic E-state index is 0.00352. The fourth-order valence-electron chi connectivity index (χ4n) is 2.52. The molecular formula is C17H17ClN6O4. The molecule has 10 nitrogen and oxygen atoms in total. The van der Waals surface area contributed by atoms with Gasteiger partial charge in [0.05, 0.1) is 16.3 Å². The number of nitrogens with zero attached hydrogens (tertiary/aromatic N) is 4.